The molecule has 1 aliphatic heterocycles. The van der Waals surface area contributed by atoms with E-state index in [2.05, 4.69) is 0 Å². The lowest BCUT2D eigenvalue weighted by Crippen LogP contribution is -2.38. The fourth-order valence-corrected chi connectivity index (χ4v) is 5.38. The molecule has 6 atom stereocenters. The molecule has 2 bridgehead atoms. The van der Waals surface area contributed by atoms with Gasteiger partial charge in [-0.1, -0.05) is 25.4 Å². The van der Waals surface area contributed by atoms with Crippen LogP contribution in [-0.4, -0.2) is 31.4 Å². The highest BCUT2D eigenvalue weighted by Gasteiger charge is 2.64. The highest BCUT2D eigenvalue weighted by Crippen LogP contribution is 2.55. The molecular formula is C11H17ClO4S. The lowest BCUT2D eigenvalue weighted by molar-refractivity contribution is -0.0636. The number of hydrogen-bond donors (Lipinski definition) is 0. The summed E-state index contributed by atoms with van der Waals surface area (Å²) in [6.07, 6.45) is 1.15. The number of ether oxygens (including phenoxy) is 1. The Morgan fingerprint density at radius 3 is 2.71 bits per heavy atom. The minimum Gasteiger partial charge on any atom is -0.356 e. The van der Waals surface area contributed by atoms with Gasteiger partial charge in [-0.15, -0.1) is 0 Å². The number of rotatable bonds is 3. The second kappa shape index (κ2) is 3.83. The predicted molar refractivity (Wildman–Crippen MR) is 63.1 cm³/mol. The molecule has 0 aromatic rings. The first-order valence-electron chi connectivity index (χ1n) is 6.12. The quantitative estimate of drug-likeness (QED) is 0.584. The number of alkyl halides is 1. The van der Waals surface area contributed by atoms with Crippen LogP contribution in [0, 0.1) is 17.8 Å². The van der Waals surface area contributed by atoms with E-state index >= 15 is 0 Å². The van der Waals surface area contributed by atoms with Crippen LogP contribution in [0.2, 0.25) is 0 Å². The van der Waals surface area contributed by atoms with Crippen LogP contribution < -0.4 is 0 Å². The summed E-state index contributed by atoms with van der Waals surface area (Å²) in [5.41, 5.74) is -0.371. The van der Waals surface area contributed by atoms with Crippen LogP contribution in [0.15, 0.2) is 0 Å². The van der Waals surface area contributed by atoms with Gasteiger partial charge in [0.15, 0.2) is 0 Å². The van der Waals surface area contributed by atoms with Crippen molar-refractivity contribution in [2.45, 2.75) is 49.7 Å². The first-order chi connectivity index (χ1) is 7.90. The van der Waals surface area contributed by atoms with Crippen LogP contribution in [0.25, 0.3) is 0 Å². The van der Waals surface area contributed by atoms with Gasteiger partial charge in [-0.05, 0) is 24.7 Å². The SMILES string of the molecule is CC(C)C(Cl)OC1C2CC3C1OS(=O)(=O)C3C2. The maximum Gasteiger partial charge on any atom is 0.270 e. The molecule has 3 rings (SSSR count). The molecule has 4 nitrogen and oxygen atoms in total. The van der Waals surface area contributed by atoms with Gasteiger partial charge >= 0.3 is 0 Å². The first-order valence-corrected chi connectivity index (χ1v) is 8.02. The van der Waals surface area contributed by atoms with Crippen LogP contribution in [-0.2, 0) is 19.0 Å². The fourth-order valence-electron chi connectivity index (χ4n) is 3.38. The van der Waals surface area contributed by atoms with Crippen LogP contribution in [0.1, 0.15) is 26.7 Å². The maximum absolute atomic E-state index is 11.7. The highest BCUT2D eigenvalue weighted by atomic mass is 35.5. The molecule has 0 aromatic carbocycles. The second-order valence-corrected chi connectivity index (χ2v) is 7.90. The number of halogens is 1. The minimum atomic E-state index is -3.34. The molecule has 1 heterocycles. The molecule has 2 saturated carbocycles. The van der Waals surface area contributed by atoms with Gasteiger partial charge in [-0.3, -0.25) is 4.18 Å². The van der Waals surface area contributed by atoms with Crippen molar-refractivity contribution in [2.75, 3.05) is 0 Å². The second-order valence-electron chi connectivity index (χ2n) is 5.68. The lowest BCUT2D eigenvalue weighted by atomic mass is 9.94. The van der Waals surface area contributed by atoms with E-state index in [0.29, 0.717) is 12.3 Å². The summed E-state index contributed by atoms with van der Waals surface area (Å²) >= 11 is 6.11. The standard InChI is InChI=1S/C11H17ClO4S/c1-5(2)11(12)15-9-6-3-7-8(4-6)17(13,14)16-10(7)9/h5-11H,3-4H2,1-2H3. The third-order valence-electron chi connectivity index (χ3n) is 4.23. The molecule has 6 unspecified atom stereocenters. The molecule has 0 spiro atoms. The Kier molecular flexibility index (Phi) is 2.75. The predicted octanol–water partition coefficient (Wildman–Crippen LogP) is 1.73. The number of hydrogen-bond acceptors (Lipinski definition) is 4. The van der Waals surface area contributed by atoms with Gasteiger partial charge in [0.2, 0.25) is 0 Å². The fraction of sp³-hybridized carbons (Fsp3) is 1.00. The molecule has 2 aliphatic carbocycles. The largest absolute Gasteiger partial charge is 0.356 e. The van der Waals surface area contributed by atoms with Crippen molar-refractivity contribution in [3.8, 4) is 0 Å². The van der Waals surface area contributed by atoms with Crippen molar-refractivity contribution in [2.24, 2.45) is 17.8 Å². The van der Waals surface area contributed by atoms with Crippen molar-refractivity contribution in [3.63, 3.8) is 0 Å². The minimum absolute atomic E-state index is 0.131. The summed E-state index contributed by atoms with van der Waals surface area (Å²) in [5.74, 6) is 0.642. The van der Waals surface area contributed by atoms with E-state index in [4.69, 9.17) is 20.5 Å². The molecule has 3 fully saturated rings. The molecule has 1 saturated heterocycles. The topological polar surface area (TPSA) is 52.6 Å². The van der Waals surface area contributed by atoms with Crippen LogP contribution in [0.4, 0.5) is 0 Å². The van der Waals surface area contributed by atoms with Gasteiger partial charge in [-0.25, -0.2) is 0 Å². The summed E-state index contributed by atoms with van der Waals surface area (Å²) in [4.78, 5) is 0. The molecule has 0 radical (unpaired) electrons. The van der Waals surface area contributed by atoms with E-state index < -0.39 is 10.1 Å². The summed E-state index contributed by atoms with van der Waals surface area (Å²) in [5, 5.41) is -0.287. The molecule has 0 amide bonds. The molecule has 98 valence electrons. The number of fused-ring (bicyclic) bond motifs is 1. The van der Waals surface area contributed by atoms with Gasteiger partial charge in [0.25, 0.3) is 10.1 Å². The van der Waals surface area contributed by atoms with Crippen LogP contribution >= 0.6 is 11.6 Å². The Morgan fingerprint density at radius 2 is 2.06 bits per heavy atom. The van der Waals surface area contributed by atoms with Crippen LogP contribution in [0.5, 0.6) is 0 Å². The molecule has 17 heavy (non-hydrogen) atoms. The van der Waals surface area contributed by atoms with Crippen molar-refractivity contribution >= 4 is 21.7 Å². The molecular weight excluding hydrogens is 264 g/mol. The van der Waals surface area contributed by atoms with Gasteiger partial charge < -0.3 is 4.74 Å². The third kappa shape index (κ3) is 1.74. The van der Waals surface area contributed by atoms with E-state index in [1.165, 1.54) is 0 Å². The smallest absolute Gasteiger partial charge is 0.270 e. The Morgan fingerprint density at radius 1 is 1.35 bits per heavy atom. The summed E-state index contributed by atoms with van der Waals surface area (Å²) in [6, 6.07) is 0. The zero-order valence-electron chi connectivity index (χ0n) is 9.87. The van der Waals surface area contributed by atoms with Crippen LogP contribution in [0.3, 0.4) is 0 Å². The summed E-state index contributed by atoms with van der Waals surface area (Å²) < 4.78 is 34.5. The average Bonchev–Trinajstić information content (AvgIpc) is 2.81. The maximum atomic E-state index is 11.7. The van der Waals surface area contributed by atoms with Crippen molar-refractivity contribution in [3.05, 3.63) is 0 Å². The van der Waals surface area contributed by atoms with Gasteiger partial charge in [0, 0.05) is 5.92 Å². The molecule has 3 aliphatic rings. The first kappa shape index (κ1) is 12.2. The van der Waals surface area contributed by atoms with E-state index in [-0.39, 0.29) is 34.9 Å². The van der Waals surface area contributed by atoms with Crippen molar-refractivity contribution in [1.29, 1.82) is 0 Å². The zero-order chi connectivity index (χ0) is 12.4. The van der Waals surface area contributed by atoms with Gasteiger partial charge in [-0.2, -0.15) is 8.42 Å². The Balaban J connectivity index is 1.78. The van der Waals surface area contributed by atoms with Crippen molar-refractivity contribution < 1.29 is 17.3 Å². The summed E-state index contributed by atoms with van der Waals surface area (Å²) in [6.45, 7) is 3.97. The molecule has 0 N–H and O–H groups in total. The van der Waals surface area contributed by atoms with Gasteiger partial charge in [0.1, 0.15) is 11.7 Å². The Hall–Kier alpha value is 0.160. The van der Waals surface area contributed by atoms with E-state index in [0.717, 1.165) is 6.42 Å². The van der Waals surface area contributed by atoms with E-state index in [1.807, 2.05) is 13.8 Å². The highest BCUT2D eigenvalue weighted by molar-refractivity contribution is 7.87. The normalized spacial score (nSPS) is 47.9. The van der Waals surface area contributed by atoms with Gasteiger partial charge in [0.05, 0.1) is 11.4 Å². The van der Waals surface area contributed by atoms with Crippen molar-refractivity contribution in [1.82, 2.24) is 0 Å². The third-order valence-corrected chi connectivity index (χ3v) is 6.61. The monoisotopic (exact) mass is 280 g/mol. The van der Waals surface area contributed by atoms with E-state index in [1.54, 1.807) is 0 Å². The molecule has 0 aromatic heterocycles. The van der Waals surface area contributed by atoms with E-state index in [9.17, 15) is 8.42 Å². The molecule has 6 heteroatoms. The Bertz CT molecular complexity index is 421. The average molecular weight is 281 g/mol. The lowest BCUT2D eigenvalue weighted by Gasteiger charge is -2.28. The Labute approximate surface area is 107 Å². The zero-order valence-corrected chi connectivity index (χ0v) is 11.4. The summed E-state index contributed by atoms with van der Waals surface area (Å²) in [7, 11) is -3.34.